The van der Waals surface area contributed by atoms with Crippen LogP contribution in [0.2, 0.25) is 0 Å². The first-order valence-corrected chi connectivity index (χ1v) is 8.48. The Morgan fingerprint density at radius 2 is 2.06 bits per heavy atom. The van der Waals surface area contributed by atoms with Gasteiger partial charge < -0.3 is 10.2 Å². The van der Waals surface area contributed by atoms with Crippen LogP contribution in [0.25, 0.3) is 0 Å². The van der Waals surface area contributed by atoms with Gasteiger partial charge in [0.1, 0.15) is 0 Å². The van der Waals surface area contributed by atoms with Crippen LogP contribution in [0.4, 0.5) is 0 Å². The molecule has 0 aromatic heterocycles. The normalized spacial score (nSPS) is 25.8. The maximum Gasteiger partial charge on any atom is 0.239 e. The van der Waals surface area contributed by atoms with Gasteiger partial charge in [-0.3, -0.25) is 4.79 Å². The first-order valence-electron chi connectivity index (χ1n) is 7.19. The van der Waals surface area contributed by atoms with Gasteiger partial charge in [-0.15, -0.1) is 0 Å². The third-order valence-corrected chi connectivity index (χ3v) is 4.99. The largest absolute Gasteiger partial charge is 0.342 e. The molecule has 1 N–H and O–H groups in total. The molecule has 0 bridgehead atoms. The number of amides is 1. The summed E-state index contributed by atoms with van der Waals surface area (Å²) >= 11 is 1.96. The topological polar surface area (TPSA) is 32.3 Å². The molecule has 3 unspecified atom stereocenters. The van der Waals surface area contributed by atoms with Crippen LogP contribution in [0, 0.1) is 0 Å². The second-order valence-electron chi connectivity index (χ2n) is 5.12. The Hall–Kier alpha value is -0.220. The van der Waals surface area contributed by atoms with Crippen molar-refractivity contribution in [2.24, 2.45) is 0 Å². The molecule has 4 heteroatoms. The minimum atomic E-state index is -0.0458. The average Bonchev–Trinajstić information content (AvgIpc) is 2.40. The van der Waals surface area contributed by atoms with Gasteiger partial charge in [0.25, 0.3) is 0 Å². The Balaban J connectivity index is 2.43. The lowest BCUT2D eigenvalue weighted by molar-refractivity contribution is -0.132. The molecule has 1 fully saturated rings. The number of rotatable bonds is 6. The smallest absolute Gasteiger partial charge is 0.239 e. The van der Waals surface area contributed by atoms with Crippen molar-refractivity contribution in [1.82, 2.24) is 10.2 Å². The van der Waals surface area contributed by atoms with E-state index in [4.69, 9.17) is 0 Å². The van der Waals surface area contributed by atoms with Crippen LogP contribution >= 0.6 is 11.8 Å². The van der Waals surface area contributed by atoms with Crippen molar-refractivity contribution in [3.63, 3.8) is 0 Å². The van der Waals surface area contributed by atoms with E-state index in [0.717, 1.165) is 18.3 Å². The molecule has 0 radical (unpaired) electrons. The number of hydrogen-bond donors (Lipinski definition) is 1. The van der Waals surface area contributed by atoms with Gasteiger partial charge in [0.15, 0.2) is 0 Å². The Labute approximate surface area is 116 Å². The quantitative estimate of drug-likeness (QED) is 0.806. The van der Waals surface area contributed by atoms with E-state index in [0.29, 0.717) is 6.04 Å². The summed E-state index contributed by atoms with van der Waals surface area (Å²) in [5, 5.41) is 4.30. The van der Waals surface area contributed by atoms with Gasteiger partial charge >= 0.3 is 0 Å². The summed E-state index contributed by atoms with van der Waals surface area (Å²) in [6.07, 6.45) is 7.23. The van der Waals surface area contributed by atoms with Crippen molar-refractivity contribution in [2.45, 2.75) is 63.8 Å². The van der Waals surface area contributed by atoms with Crippen LogP contribution in [0.15, 0.2) is 0 Å². The number of carbonyl (C=O) groups is 1. The lowest BCUT2D eigenvalue weighted by atomic mass is 9.94. The fourth-order valence-electron chi connectivity index (χ4n) is 2.74. The average molecular weight is 272 g/mol. The van der Waals surface area contributed by atoms with E-state index >= 15 is 0 Å². The third-order valence-electron chi connectivity index (χ3n) is 3.89. The zero-order chi connectivity index (χ0) is 13.5. The predicted octanol–water partition coefficient (Wildman–Crippen LogP) is 2.51. The zero-order valence-corrected chi connectivity index (χ0v) is 13.1. The number of likely N-dealkylation sites (N-methyl/N-ethyl adjacent to an activating group) is 1. The molecule has 0 aliphatic heterocycles. The van der Waals surface area contributed by atoms with Gasteiger partial charge in [-0.2, -0.15) is 11.8 Å². The lowest BCUT2D eigenvalue weighted by Gasteiger charge is -2.32. The third kappa shape index (κ3) is 4.47. The molecular formula is C14H28N2OS. The van der Waals surface area contributed by atoms with Gasteiger partial charge in [-0.25, -0.2) is 0 Å². The van der Waals surface area contributed by atoms with Crippen molar-refractivity contribution in [1.29, 1.82) is 0 Å². The molecule has 1 aliphatic rings. The number of nitrogens with zero attached hydrogens (tertiary/aromatic N) is 1. The summed E-state index contributed by atoms with van der Waals surface area (Å²) in [4.78, 5) is 14.1. The van der Waals surface area contributed by atoms with Crippen LogP contribution in [0.5, 0.6) is 0 Å². The molecule has 3 atom stereocenters. The minimum absolute atomic E-state index is 0.0458. The standard InChI is InChI=1S/C14H28N2OS/c1-5-16(6-2)14(17)11(3)15-12-8-7-9-13(10-12)18-4/h11-13,15H,5-10H2,1-4H3. The van der Waals surface area contributed by atoms with Crippen LogP contribution in [0.3, 0.4) is 0 Å². The molecule has 0 heterocycles. The molecule has 0 aromatic carbocycles. The molecule has 3 nitrogen and oxygen atoms in total. The van der Waals surface area contributed by atoms with Gasteiger partial charge in [0.05, 0.1) is 6.04 Å². The minimum Gasteiger partial charge on any atom is -0.342 e. The highest BCUT2D eigenvalue weighted by Crippen LogP contribution is 2.27. The highest BCUT2D eigenvalue weighted by molar-refractivity contribution is 7.99. The van der Waals surface area contributed by atoms with Crippen molar-refractivity contribution >= 4 is 17.7 Å². The van der Waals surface area contributed by atoms with E-state index in [1.54, 1.807) is 0 Å². The monoisotopic (exact) mass is 272 g/mol. The SMILES string of the molecule is CCN(CC)C(=O)C(C)NC1CCCC(SC)C1. The summed E-state index contributed by atoms with van der Waals surface area (Å²) in [7, 11) is 0. The lowest BCUT2D eigenvalue weighted by Crippen LogP contribution is -2.49. The molecule has 18 heavy (non-hydrogen) atoms. The predicted molar refractivity (Wildman–Crippen MR) is 80.1 cm³/mol. The summed E-state index contributed by atoms with van der Waals surface area (Å²) in [6.45, 7) is 7.69. The van der Waals surface area contributed by atoms with Crippen molar-refractivity contribution in [2.75, 3.05) is 19.3 Å². The van der Waals surface area contributed by atoms with Crippen LogP contribution in [0.1, 0.15) is 46.5 Å². The van der Waals surface area contributed by atoms with Gasteiger partial charge in [0, 0.05) is 24.4 Å². The number of thioether (sulfide) groups is 1. The summed E-state index contributed by atoms with van der Waals surface area (Å²) < 4.78 is 0. The fraction of sp³-hybridized carbons (Fsp3) is 0.929. The molecular weight excluding hydrogens is 244 g/mol. The zero-order valence-electron chi connectivity index (χ0n) is 12.2. The molecule has 106 valence electrons. The van der Waals surface area contributed by atoms with Crippen LogP contribution in [-0.4, -0.2) is 47.5 Å². The molecule has 1 aliphatic carbocycles. The van der Waals surface area contributed by atoms with Crippen molar-refractivity contribution in [3.8, 4) is 0 Å². The Morgan fingerprint density at radius 3 is 2.61 bits per heavy atom. The first-order chi connectivity index (χ1) is 8.62. The number of hydrogen-bond acceptors (Lipinski definition) is 3. The van der Waals surface area contributed by atoms with Gasteiger partial charge in [-0.05, 0) is 46.3 Å². The Kier molecular flexibility index (Phi) is 7.08. The van der Waals surface area contributed by atoms with E-state index in [-0.39, 0.29) is 11.9 Å². The summed E-state index contributed by atoms with van der Waals surface area (Å²) in [5.74, 6) is 0.242. The van der Waals surface area contributed by atoms with Gasteiger partial charge in [-0.1, -0.05) is 6.42 Å². The summed E-state index contributed by atoms with van der Waals surface area (Å²) in [6, 6.07) is 0.473. The molecule has 1 rings (SSSR count). The van der Waals surface area contributed by atoms with E-state index in [9.17, 15) is 4.79 Å². The van der Waals surface area contributed by atoms with Crippen LogP contribution in [-0.2, 0) is 4.79 Å². The van der Waals surface area contributed by atoms with Crippen molar-refractivity contribution in [3.05, 3.63) is 0 Å². The number of carbonyl (C=O) groups excluding carboxylic acids is 1. The van der Waals surface area contributed by atoms with E-state index in [2.05, 4.69) is 11.6 Å². The maximum atomic E-state index is 12.2. The van der Waals surface area contributed by atoms with Crippen LogP contribution < -0.4 is 5.32 Å². The molecule has 0 spiro atoms. The van der Waals surface area contributed by atoms with E-state index in [1.165, 1.54) is 25.7 Å². The van der Waals surface area contributed by atoms with E-state index < -0.39 is 0 Å². The van der Waals surface area contributed by atoms with Gasteiger partial charge in [0.2, 0.25) is 5.91 Å². The second kappa shape index (κ2) is 8.05. The highest BCUT2D eigenvalue weighted by Gasteiger charge is 2.25. The second-order valence-corrected chi connectivity index (χ2v) is 6.26. The molecule has 1 saturated carbocycles. The fourth-order valence-corrected chi connectivity index (χ4v) is 3.57. The Bertz CT molecular complexity index is 256. The first kappa shape index (κ1) is 15.8. The highest BCUT2D eigenvalue weighted by atomic mass is 32.2. The van der Waals surface area contributed by atoms with Crippen molar-refractivity contribution < 1.29 is 4.79 Å². The number of nitrogens with one attached hydrogen (secondary N) is 1. The molecule has 1 amide bonds. The summed E-state index contributed by atoms with van der Waals surface area (Å²) in [5.41, 5.74) is 0. The maximum absolute atomic E-state index is 12.2. The molecule has 0 saturated heterocycles. The molecule has 0 aromatic rings. The van der Waals surface area contributed by atoms with E-state index in [1.807, 2.05) is 37.4 Å². The Morgan fingerprint density at radius 1 is 1.39 bits per heavy atom.